The molecular weight excluding hydrogens is 254 g/mol. The van der Waals surface area contributed by atoms with Crippen LogP contribution >= 0.6 is 11.6 Å². The van der Waals surface area contributed by atoms with Crippen LogP contribution < -0.4 is 10.6 Å². The third kappa shape index (κ3) is 2.42. The number of benzene rings is 1. The monoisotopic (exact) mass is 269 g/mol. The van der Waals surface area contributed by atoms with E-state index in [1.165, 1.54) is 0 Å². The van der Waals surface area contributed by atoms with Crippen LogP contribution in [0.3, 0.4) is 0 Å². The zero-order chi connectivity index (χ0) is 13.3. The molecule has 18 heavy (non-hydrogen) atoms. The Hall–Kier alpha value is -1.33. The quantitative estimate of drug-likeness (QED) is 0.661. The average molecular weight is 270 g/mol. The second kappa shape index (κ2) is 5.12. The van der Waals surface area contributed by atoms with Crippen LogP contribution in [0.1, 0.15) is 19.8 Å². The van der Waals surface area contributed by atoms with Gasteiger partial charge in [-0.1, -0.05) is 17.7 Å². The van der Waals surface area contributed by atoms with Crippen LogP contribution in [0.4, 0.5) is 11.4 Å². The largest absolute Gasteiger partial charge is 0.363 e. The minimum Gasteiger partial charge on any atom is -0.363 e. The third-order valence-corrected chi connectivity index (χ3v) is 3.68. The van der Waals surface area contributed by atoms with Crippen molar-refractivity contribution in [3.8, 4) is 0 Å². The van der Waals surface area contributed by atoms with E-state index in [9.17, 15) is 10.1 Å². The first-order valence-electron chi connectivity index (χ1n) is 5.96. The van der Waals surface area contributed by atoms with E-state index in [2.05, 4.69) is 0 Å². The summed E-state index contributed by atoms with van der Waals surface area (Å²) < 4.78 is 0. The highest BCUT2D eigenvalue weighted by atomic mass is 35.5. The molecule has 2 rings (SSSR count). The standard InChI is InChI=1S/C12H16ClN3O2/c1-8-7-9(14)5-6-15(8)11-4-2-3-10(13)12(11)16(17)18/h2-4,8-9H,5-7,14H2,1H3. The normalized spacial score (nSPS) is 24.1. The number of hydrogen-bond acceptors (Lipinski definition) is 4. The molecule has 1 heterocycles. The molecule has 1 aliphatic rings. The van der Waals surface area contributed by atoms with E-state index in [4.69, 9.17) is 17.3 Å². The lowest BCUT2D eigenvalue weighted by Crippen LogP contribution is -2.45. The maximum atomic E-state index is 11.1. The molecule has 1 aromatic rings. The molecular formula is C12H16ClN3O2. The molecule has 0 spiro atoms. The highest BCUT2D eigenvalue weighted by Gasteiger charge is 2.29. The number of nitrogens with zero attached hydrogens (tertiary/aromatic N) is 2. The van der Waals surface area contributed by atoms with Crippen molar-refractivity contribution in [2.45, 2.75) is 31.8 Å². The fraction of sp³-hybridized carbons (Fsp3) is 0.500. The van der Waals surface area contributed by atoms with E-state index in [-0.39, 0.29) is 22.8 Å². The van der Waals surface area contributed by atoms with Crippen molar-refractivity contribution in [2.24, 2.45) is 5.73 Å². The molecule has 0 bridgehead atoms. The lowest BCUT2D eigenvalue weighted by molar-refractivity contribution is -0.384. The van der Waals surface area contributed by atoms with Crippen LogP contribution in [0.25, 0.3) is 0 Å². The summed E-state index contributed by atoms with van der Waals surface area (Å²) in [5, 5.41) is 11.3. The number of halogens is 1. The van der Waals surface area contributed by atoms with Crippen LogP contribution in [0, 0.1) is 10.1 Å². The molecule has 1 aromatic carbocycles. The van der Waals surface area contributed by atoms with Crippen LogP contribution in [0.15, 0.2) is 18.2 Å². The minimum atomic E-state index is -0.418. The Morgan fingerprint density at radius 2 is 2.28 bits per heavy atom. The minimum absolute atomic E-state index is 0.0125. The van der Waals surface area contributed by atoms with E-state index >= 15 is 0 Å². The summed E-state index contributed by atoms with van der Waals surface area (Å²) in [6.45, 7) is 2.76. The lowest BCUT2D eigenvalue weighted by Gasteiger charge is -2.37. The Morgan fingerprint density at radius 1 is 1.56 bits per heavy atom. The number of piperidine rings is 1. The molecule has 2 unspecified atom stereocenters. The fourth-order valence-electron chi connectivity index (χ4n) is 2.48. The van der Waals surface area contributed by atoms with Gasteiger partial charge in [0.25, 0.3) is 0 Å². The van der Waals surface area contributed by atoms with Crippen molar-refractivity contribution >= 4 is 23.0 Å². The summed E-state index contributed by atoms with van der Waals surface area (Å²) in [5.41, 5.74) is 6.48. The third-order valence-electron chi connectivity index (χ3n) is 3.37. The van der Waals surface area contributed by atoms with E-state index in [1.807, 2.05) is 11.8 Å². The van der Waals surface area contributed by atoms with Gasteiger partial charge >= 0.3 is 5.69 Å². The molecule has 6 heteroatoms. The lowest BCUT2D eigenvalue weighted by atomic mass is 9.98. The fourth-order valence-corrected chi connectivity index (χ4v) is 2.72. The zero-order valence-electron chi connectivity index (χ0n) is 10.2. The van der Waals surface area contributed by atoms with Crippen LogP contribution in [0.2, 0.25) is 5.02 Å². The molecule has 0 radical (unpaired) electrons. The van der Waals surface area contributed by atoms with Gasteiger partial charge < -0.3 is 10.6 Å². The van der Waals surface area contributed by atoms with Crippen molar-refractivity contribution in [1.29, 1.82) is 0 Å². The van der Waals surface area contributed by atoms with E-state index in [0.717, 1.165) is 19.4 Å². The van der Waals surface area contributed by atoms with Crippen molar-refractivity contribution in [3.05, 3.63) is 33.3 Å². The maximum absolute atomic E-state index is 11.1. The highest BCUT2D eigenvalue weighted by molar-refractivity contribution is 6.33. The number of para-hydroxylation sites is 1. The number of nitro benzene ring substituents is 1. The molecule has 2 N–H and O–H groups in total. The maximum Gasteiger partial charge on any atom is 0.310 e. The molecule has 5 nitrogen and oxygen atoms in total. The molecule has 1 saturated heterocycles. The Balaban J connectivity index is 2.39. The number of nitrogens with two attached hydrogens (primary N) is 1. The summed E-state index contributed by atoms with van der Waals surface area (Å²) in [4.78, 5) is 12.7. The van der Waals surface area contributed by atoms with Gasteiger partial charge in [0, 0.05) is 18.6 Å². The first-order chi connectivity index (χ1) is 8.50. The summed E-state index contributed by atoms with van der Waals surface area (Å²) in [5.74, 6) is 0. The first-order valence-corrected chi connectivity index (χ1v) is 6.33. The smallest absolute Gasteiger partial charge is 0.310 e. The van der Waals surface area contributed by atoms with Gasteiger partial charge in [0.1, 0.15) is 10.7 Å². The van der Waals surface area contributed by atoms with Crippen LogP contribution in [-0.4, -0.2) is 23.6 Å². The van der Waals surface area contributed by atoms with Crippen LogP contribution in [0.5, 0.6) is 0 Å². The van der Waals surface area contributed by atoms with Crippen molar-refractivity contribution in [2.75, 3.05) is 11.4 Å². The average Bonchev–Trinajstić information content (AvgIpc) is 2.28. The van der Waals surface area contributed by atoms with Gasteiger partial charge in [-0.15, -0.1) is 0 Å². The number of anilines is 1. The van der Waals surface area contributed by atoms with Crippen molar-refractivity contribution in [3.63, 3.8) is 0 Å². The topological polar surface area (TPSA) is 72.4 Å². The predicted molar refractivity (Wildman–Crippen MR) is 72.1 cm³/mol. The Kier molecular flexibility index (Phi) is 3.73. The van der Waals surface area contributed by atoms with Gasteiger partial charge in [-0.25, -0.2) is 0 Å². The van der Waals surface area contributed by atoms with Crippen molar-refractivity contribution < 1.29 is 4.92 Å². The summed E-state index contributed by atoms with van der Waals surface area (Å²) in [6.07, 6.45) is 1.68. The molecule has 0 aliphatic carbocycles. The van der Waals surface area contributed by atoms with Crippen molar-refractivity contribution in [1.82, 2.24) is 0 Å². The second-order valence-corrected chi connectivity index (χ2v) is 5.10. The van der Waals surface area contributed by atoms with E-state index < -0.39 is 4.92 Å². The van der Waals surface area contributed by atoms with Gasteiger partial charge in [0.2, 0.25) is 0 Å². The van der Waals surface area contributed by atoms with E-state index in [1.54, 1.807) is 18.2 Å². The van der Waals surface area contributed by atoms with Gasteiger partial charge in [0.15, 0.2) is 0 Å². The molecule has 0 aromatic heterocycles. The van der Waals surface area contributed by atoms with E-state index in [0.29, 0.717) is 5.69 Å². The van der Waals surface area contributed by atoms with Gasteiger partial charge in [-0.05, 0) is 31.9 Å². The summed E-state index contributed by atoms with van der Waals surface area (Å²) in [7, 11) is 0. The molecule has 1 aliphatic heterocycles. The molecule has 0 saturated carbocycles. The van der Waals surface area contributed by atoms with Crippen LogP contribution in [-0.2, 0) is 0 Å². The Labute approximate surface area is 111 Å². The first kappa shape index (κ1) is 13.1. The number of hydrogen-bond donors (Lipinski definition) is 1. The molecule has 1 fully saturated rings. The van der Waals surface area contributed by atoms with Gasteiger partial charge in [-0.2, -0.15) is 0 Å². The summed E-state index contributed by atoms with van der Waals surface area (Å²) >= 11 is 5.93. The highest BCUT2D eigenvalue weighted by Crippen LogP contribution is 2.37. The second-order valence-electron chi connectivity index (χ2n) is 4.69. The van der Waals surface area contributed by atoms with Gasteiger partial charge in [-0.3, -0.25) is 10.1 Å². The zero-order valence-corrected chi connectivity index (χ0v) is 10.9. The Bertz CT molecular complexity index is 467. The molecule has 0 amide bonds. The number of rotatable bonds is 2. The Morgan fingerprint density at radius 3 is 2.89 bits per heavy atom. The van der Waals surface area contributed by atoms with Gasteiger partial charge in [0.05, 0.1) is 4.92 Å². The SMILES string of the molecule is CC1CC(N)CCN1c1cccc(Cl)c1[N+](=O)[O-]. The predicted octanol–water partition coefficient (Wildman–Crippen LogP) is 2.56. The molecule has 98 valence electrons. The molecule has 2 atom stereocenters. The number of nitro groups is 1. The summed E-state index contributed by atoms with van der Waals surface area (Å²) in [6, 6.07) is 5.40.